The number of hydrogen-bond acceptors (Lipinski definition) is 4. The largest absolute Gasteiger partial charge is 0.328 e. The summed E-state index contributed by atoms with van der Waals surface area (Å²) in [5.74, 6) is 0. The predicted octanol–water partition coefficient (Wildman–Crippen LogP) is -0.123. The molecule has 0 aromatic heterocycles. The maximum absolute atomic E-state index is 6.10. The van der Waals surface area contributed by atoms with Crippen LogP contribution in [-0.4, -0.2) is 48.7 Å². The van der Waals surface area contributed by atoms with Crippen LogP contribution < -0.4 is 16.8 Å². The molecule has 2 aliphatic heterocycles. The van der Waals surface area contributed by atoms with Crippen molar-refractivity contribution in [3.8, 4) is 0 Å². The van der Waals surface area contributed by atoms with Gasteiger partial charge < -0.3 is 16.8 Å². The number of piperidine rings is 2. The molecule has 2 rings (SSSR count). The molecule has 4 heteroatoms. The van der Waals surface area contributed by atoms with Crippen LogP contribution in [0.15, 0.2) is 0 Å². The molecule has 2 aliphatic rings. The highest BCUT2D eigenvalue weighted by Crippen LogP contribution is 2.23. The zero-order valence-corrected chi connectivity index (χ0v) is 10.4. The second kappa shape index (κ2) is 5.45. The molecule has 4 atom stereocenters. The van der Waals surface area contributed by atoms with Crippen LogP contribution in [0.5, 0.6) is 0 Å². The topological polar surface area (TPSA) is 67.3 Å². The maximum Gasteiger partial charge on any atom is 0.0264 e. The van der Waals surface area contributed by atoms with Gasteiger partial charge in [-0.25, -0.2) is 0 Å². The van der Waals surface area contributed by atoms with E-state index in [1.807, 2.05) is 0 Å². The van der Waals surface area contributed by atoms with E-state index in [9.17, 15) is 0 Å². The van der Waals surface area contributed by atoms with Gasteiger partial charge in [-0.2, -0.15) is 0 Å². The molecule has 0 bridgehead atoms. The number of likely N-dealkylation sites (N-methyl/N-ethyl adjacent to an activating group) is 1. The van der Waals surface area contributed by atoms with Crippen molar-refractivity contribution in [2.75, 3.05) is 19.6 Å². The van der Waals surface area contributed by atoms with Gasteiger partial charge in [-0.1, -0.05) is 6.92 Å². The average molecular weight is 226 g/mol. The third-order valence-corrected chi connectivity index (χ3v) is 4.15. The Hall–Kier alpha value is -0.160. The Morgan fingerprint density at radius 2 is 1.94 bits per heavy atom. The molecule has 0 amide bonds. The predicted molar refractivity (Wildman–Crippen MR) is 67.2 cm³/mol. The minimum absolute atomic E-state index is 0.378. The second-order valence-corrected chi connectivity index (χ2v) is 5.33. The summed E-state index contributed by atoms with van der Waals surface area (Å²) in [4.78, 5) is 2.57. The van der Waals surface area contributed by atoms with E-state index in [0.717, 1.165) is 45.3 Å². The summed E-state index contributed by atoms with van der Waals surface area (Å²) >= 11 is 0. The van der Waals surface area contributed by atoms with Gasteiger partial charge in [0.05, 0.1) is 0 Å². The molecule has 0 radical (unpaired) electrons. The fourth-order valence-electron chi connectivity index (χ4n) is 3.16. The Balaban J connectivity index is 1.98. The first-order valence-electron chi connectivity index (χ1n) is 6.69. The maximum atomic E-state index is 6.10. The van der Waals surface area contributed by atoms with E-state index in [1.165, 1.54) is 0 Å². The molecular weight excluding hydrogens is 200 g/mol. The van der Waals surface area contributed by atoms with Gasteiger partial charge in [-0.15, -0.1) is 0 Å². The molecule has 5 N–H and O–H groups in total. The lowest BCUT2D eigenvalue weighted by Crippen LogP contribution is -2.59. The molecular formula is C12H26N4. The van der Waals surface area contributed by atoms with Crippen molar-refractivity contribution in [1.82, 2.24) is 10.2 Å². The number of nitrogens with one attached hydrogen (secondary N) is 1. The monoisotopic (exact) mass is 226 g/mol. The summed E-state index contributed by atoms with van der Waals surface area (Å²) in [6.45, 7) is 5.59. The summed E-state index contributed by atoms with van der Waals surface area (Å²) < 4.78 is 0. The molecule has 2 fully saturated rings. The van der Waals surface area contributed by atoms with Crippen molar-refractivity contribution in [3.05, 3.63) is 0 Å². The van der Waals surface area contributed by atoms with Gasteiger partial charge >= 0.3 is 0 Å². The Labute approximate surface area is 98.7 Å². The summed E-state index contributed by atoms with van der Waals surface area (Å²) in [6, 6.07) is 1.91. The zero-order chi connectivity index (χ0) is 11.5. The van der Waals surface area contributed by atoms with Crippen molar-refractivity contribution in [1.29, 1.82) is 0 Å². The van der Waals surface area contributed by atoms with Crippen LogP contribution in [0.1, 0.15) is 32.6 Å². The Bertz CT molecular complexity index is 221. The van der Waals surface area contributed by atoms with Crippen LogP contribution in [0.3, 0.4) is 0 Å². The lowest BCUT2D eigenvalue weighted by atomic mass is 9.87. The van der Waals surface area contributed by atoms with E-state index in [-0.39, 0.29) is 0 Å². The molecule has 4 unspecified atom stereocenters. The summed E-state index contributed by atoms with van der Waals surface area (Å²) in [7, 11) is 0. The number of rotatable bonds is 2. The Kier molecular flexibility index (Phi) is 4.19. The van der Waals surface area contributed by atoms with Crippen LogP contribution in [0, 0.1) is 0 Å². The standard InChI is InChI=1S/C12H26N4/c1-2-16-6-4-10(14)8-12(16)11-7-9(13)3-5-15-11/h9-12,15H,2-8,13-14H2,1H3. The van der Waals surface area contributed by atoms with Crippen LogP contribution in [0.4, 0.5) is 0 Å². The molecule has 0 spiro atoms. The minimum Gasteiger partial charge on any atom is -0.328 e. The van der Waals surface area contributed by atoms with E-state index in [4.69, 9.17) is 11.5 Å². The SMILES string of the molecule is CCN1CCC(N)CC1C1CC(N)CCN1. The lowest BCUT2D eigenvalue weighted by Gasteiger charge is -2.44. The third-order valence-electron chi connectivity index (χ3n) is 4.15. The van der Waals surface area contributed by atoms with E-state index < -0.39 is 0 Å². The molecule has 16 heavy (non-hydrogen) atoms. The highest BCUT2D eigenvalue weighted by Gasteiger charge is 2.33. The molecule has 0 saturated carbocycles. The first kappa shape index (κ1) is 12.3. The van der Waals surface area contributed by atoms with Gasteiger partial charge in [0, 0.05) is 24.2 Å². The van der Waals surface area contributed by atoms with E-state index in [2.05, 4.69) is 17.1 Å². The Morgan fingerprint density at radius 1 is 1.19 bits per heavy atom. The molecule has 2 heterocycles. The molecule has 94 valence electrons. The van der Waals surface area contributed by atoms with E-state index in [1.54, 1.807) is 0 Å². The third kappa shape index (κ3) is 2.74. The highest BCUT2D eigenvalue weighted by atomic mass is 15.2. The van der Waals surface area contributed by atoms with E-state index >= 15 is 0 Å². The summed E-state index contributed by atoms with van der Waals surface area (Å²) in [5, 5.41) is 3.63. The quantitative estimate of drug-likeness (QED) is 0.614. The molecule has 4 nitrogen and oxygen atoms in total. The lowest BCUT2D eigenvalue weighted by molar-refractivity contribution is 0.0960. The highest BCUT2D eigenvalue weighted by molar-refractivity contribution is 4.94. The van der Waals surface area contributed by atoms with Gasteiger partial charge in [0.25, 0.3) is 0 Å². The number of nitrogens with two attached hydrogens (primary N) is 2. The van der Waals surface area contributed by atoms with Crippen molar-refractivity contribution in [3.63, 3.8) is 0 Å². The van der Waals surface area contributed by atoms with Crippen LogP contribution >= 0.6 is 0 Å². The van der Waals surface area contributed by atoms with Gasteiger partial charge in [0.2, 0.25) is 0 Å². The fourth-order valence-corrected chi connectivity index (χ4v) is 3.16. The first-order valence-corrected chi connectivity index (χ1v) is 6.69. The van der Waals surface area contributed by atoms with Crippen molar-refractivity contribution in [2.24, 2.45) is 11.5 Å². The van der Waals surface area contributed by atoms with Gasteiger partial charge in [-0.3, -0.25) is 4.90 Å². The van der Waals surface area contributed by atoms with Gasteiger partial charge in [0.1, 0.15) is 0 Å². The number of likely N-dealkylation sites (tertiary alicyclic amines) is 1. The summed E-state index contributed by atoms with van der Waals surface area (Å²) in [5.41, 5.74) is 12.2. The molecule has 0 aromatic rings. The number of nitrogens with zero attached hydrogens (tertiary/aromatic N) is 1. The van der Waals surface area contributed by atoms with E-state index in [0.29, 0.717) is 24.2 Å². The minimum atomic E-state index is 0.378. The summed E-state index contributed by atoms with van der Waals surface area (Å²) in [6.07, 6.45) is 4.48. The van der Waals surface area contributed by atoms with Gasteiger partial charge in [0.15, 0.2) is 0 Å². The fraction of sp³-hybridized carbons (Fsp3) is 1.00. The Morgan fingerprint density at radius 3 is 2.62 bits per heavy atom. The number of hydrogen-bond donors (Lipinski definition) is 3. The van der Waals surface area contributed by atoms with Crippen molar-refractivity contribution < 1.29 is 0 Å². The first-order chi connectivity index (χ1) is 7.70. The van der Waals surface area contributed by atoms with Crippen molar-refractivity contribution >= 4 is 0 Å². The van der Waals surface area contributed by atoms with Crippen LogP contribution in [0.2, 0.25) is 0 Å². The molecule has 0 aliphatic carbocycles. The molecule has 0 aromatic carbocycles. The average Bonchev–Trinajstić information content (AvgIpc) is 2.29. The van der Waals surface area contributed by atoms with Crippen molar-refractivity contribution in [2.45, 2.75) is 56.8 Å². The zero-order valence-electron chi connectivity index (χ0n) is 10.4. The van der Waals surface area contributed by atoms with Gasteiger partial charge in [-0.05, 0) is 45.3 Å². The van der Waals surface area contributed by atoms with Crippen LogP contribution in [0.25, 0.3) is 0 Å². The van der Waals surface area contributed by atoms with Crippen LogP contribution in [-0.2, 0) is 0 Å². The normalized spacial score (nSPS) is 42.2. The smallest absolute Gasteiger partial charge is 0.0264 e. The molecule has 2 saturated heterocycles. The second-order valence-electron chi connectivity index (χ2n) is 5.33.